The summed E-state index contributed by atoms with van der Waals surface area (Å²) < 4.78 is 38.4. The second-order valence-corrected chi connectivity index (χ2v) is 5.11. The van der Waals surface area contributed by atoms with Gasteiger partial charge < -0.3 is 5.11 Å². The molecular formula is C14H18F3NO. The zero-order valence-electron chi connectivity index (χ0n) is 10.8. The van der Waals surface area contributed by atoms with Crippen LogP contribution in [0.2, 0.25) is 0 Å². The Morgan fingerprint density at radius 3 is 2.63 bits per heavy atom. The van der Waals surface area contributed by atoms with Gasteiger partial charge in [0.2, 0.25) is 0 Å². The number of phenols is 1. The molecule has 1 aliphatic rings. The molecule has 1 aromatic rings. The number of halogens is 3. The fourth-order valence-corrected chi connectivity index (χ4v) is 2.66. The summed E-state index contributed by atoms with van der Waals surface area (Å²) >= 11 is 0. The highest BCUT2D eigenvalue weighted by molar-refractivity contribution is 5.34. The highest BCUT2D eigenvalue weighted by atomic mass is 19.4. The second-order valence-electron chi connectivity index (χ2n) is 5.11. The number of hydrogen-bond acceptors (Lipinski definition) is 2. The quantitative estimate of drug-likeness (QED) is 0.887. The first-order valence-corrected chi connectivity index (χ1v) is 6.48. The third-order valence-electron chi connectivity index (χ3n) is 3.85. The lowest BCUT2D eigenvalue weighted by Gasteiger charge is -2.37. The van der Waals surface area contributed by atoms with E-state index in [4.69, 9.17) is 0 Å². The molecule has 19 heavy (non-hydrogen) atoms. The van der Waals surface area contributed by atoms with Gasteiger partial charge in [-0.1, -0.05) is 18.2 Å². The number of rotatable bonds is 2. The van der Waals surface area contributed by atoms with E-state index in [9.17, 15) is 18.3 Å². The van der Waals surface area contributed by atoms with Crippen LogP contribution in [-0.4, -0.2) is 29.3 Å². The van der Waals surface area contributed by atoms with Gasteiger partial charge in [-0.2, -0.15) is 13.2 Å². The van der Waals surface area contributed by atoms with Crippen LogP contribution < -0.4 is 0 Å². The van der Waals surface area contributed by atoms with Gasteiger partial charge in [0.25, 0.3) is 0 Å². The SMILES string of the molecule is CC(c1ccccc1O)N1CCCC(C(F)(F)F)C1. The molecule has 0 aromatic heterocycles. The van der Waals surface area contributed by atoms with Gasteiger partial charge in [0, 0.05) is 18.2 Å². The second kappa shape index (κ2) is 5.41. The van der Waals surface area contributed by atoms with Crippen molar-refractivity contribution >= 4 is 0 Å². The summed E-state index contributed by atoms with van der Waals surface area (Å²) in [5.74, 6) is -1.11. The molecule has 1 heterocycles. The molecule has 1 aliphatic heterocycles. The Balaban J connectivity index is 2.12. The molecule has 0 aliphatic carbocycles. The molecule has 2 nitrogen and oxygen atoms in total. The normalized spacial score (nSPS) is 23.3. The van der Waals surface area contributed by atoms with Gasteiger partial charge in [-0.15, -0.1) is 0 Å². The van der Waals surface area contributed by atoms with E-state index in [1.165, 1.54) is 0 Å². The first-order chi connectivity index (χ1) is 8.89. The Kier molecular flexibility index (Phi) is 4.04. The van der Waals surface area contributed by atoms with Crippen LogP contribution in [0, 0.1) is 5.92 Å². The van der Waals surface area contributed by atoms with Crippen LogP contribution in [0.4, 0.5) is 13.2 Å². The highest BCUT2D eigenvalue weighted by Gasteiger charge is 2.42. The molecule has 1 saturated heterocycles. The summed E-state index contributed by atoms with van der Waals surface area (Å²) in [6.07, 6.45) is -3.38. The molecule has 0 amide bonds. The Hall–Kier alpha value is -1.23. The number of likely N-dealkylation sites (tertiary alicyclic amines) is 1. The van der Waals surface area contributed by atoms with Crippen LogP contribution in [0.3, 0.4) is 0 Å². The highest BCUT2D eigenvalue weighted by Crippen LogP contribution is 2.37. The third kappa shape index (κ3) is 3.21. The van der Waals surface area contributed by atoms with Crippen molar-refractivity contribution in [1.82, 2.24) is 4.90 Å². The molecule has 5 heteroatoms. The van der Waals surface area contributed by atoms with Crippen LogP contribution in [0.1, 0.15) is 31.4 Å². The van der Waals surface area contributed by atoms with Gasteiger partial charge in [0.05, 0.1) is 5.92 Å². The molecular weight excluding hydrogens is 255 g/mol. The molecule has 1 fully saturated rings. The fourth-order valence-electron chi connectivity index (χ4n) is 2.66. The molecule has 0 radical (unpaired) electrons. The molecule has 0 bridgehead atoms. The van der Waals surface area contributed by atoms with Crippen LogP contribution >= 0.6 is 0 Å². The van der Waals surface area contributed by atoms with Crippen LogP contribution in [0.5, 0.6) is 5.75 Å². The van der Waals surface area contributed by atoms with Crippen LogP contribution in [0.25, 0.3) is 0 Å². The number of benzene rings is 1. The predicted octanol–water partition coefficient (Wildman–Crippen LogP) is 3.73. The minimum Gasteiger partial charge on any atom is -0.508 e. The first-order valence-electron chi connectivity index (χ1n) is 6.48. The minimum atomic E-state index is -4.13. The monoisotopic (exact) mass is 273 g/mol. The third-order valence-corrected chi connectivity index (χ3v) is 3.85. The first kappa shape index (κ1) is 14.2. The Bertz CT molecular complexity index is 433. The number of alkyl halides is 3. The average Bonchev–Trinajstić information content (AvgIpc) is 2.38. The molecule has 2 atom stereocenters. The van der Waals surface area contributed by atoms with Crippen molar-refractivity contribution in [3.63, 3.8) is 0 Å². The Morgan fingerprint density at radius 2 is 2.00 bits per heavy atom. The summed E-state index contributed by atoms with van der Waals surface area (Å²) in [7, 11) is 0. The lowest BCUT2D eigenvalue weighted by Crippen LogP contribution is -2.42. The zero-order chi connectivity index (χ0) is 14.0. The van der Waals surface area contributed by atoms with Gasteiger partial charge in [-0.3, -0.25) is 4.90 Å². The summed E-state index contributed by atoms with van der Waals surface area (Å²) in [5.41, 5.74) is 0.685. The van der Waals surface area contributed by atoms with Crippen molar-refractivity contribution in [2.75, 3.05) is 13.1 Å². The molecule has 1 aromatic carbocycles. The zero-order valence-corrected chi connectivity index (χ0v) is 10.8. The smallest absolute Gasteiger partial charge is 0.393 e. The maximum atomic E-state index is 12.8. The van der Waals surface area contributed by atoms with Crippen LogP contribution in [-0.2, 0) is 0 Å². The van der Waals surface area contributed by atoms with Gasteiger partial charge in [0.1, 0.15) is 5.75 Å². The van der Waals surface area contributed by atoms with E-state index < -0.39 is 12.1 Å². The Labute approximate surface area is 110 Å². The van der Waals surface area contributed by atoms with Crippen LogP contribution in [0.15, 0.2) is 24.3 Å². The summed E-state index contributed by atoms with van der Waals surface area (Å²) in [4.78, 5) is 1.80. The number of nitrogens with zero attached hydrogens (tertiary/aromatic N) is 1. The topological polar surface area (TPSA) is 23.5 Å². The van der Waals surface area contributed by atoms with Gasteiger partial charge in [-0.05, 0) is 32.4 Å². The van der Waals surface area contributed by atoms with Gasteiger partial charge in [-0.25, -0.2) is 0 Å². The van der Waals surface area contributed by atoms with Crippen molar-refractivity contribution in [2.24, 2.45) is 5.92 Å². The summed E-state index contributed by atoms with van der Waals surface area (Å²) in [6.45, 7) is 2.49. The maximum absolute atomic E-state index is 12.8. The predicted molar refractivity (Wildman–Crippen MR) is 66.9 cm³/mol. The minimum absolute atomic E-state index is 0.0129. The number of piperidine rings is 1. The molecule has 0 spiro atoms. The Morgan fingerprint density at radius 1 is 1.32 bits per heavy atom. The van der Waals surface area contributed by atoms with E-state index in [0.717, 1.165) is 0 Å². The molecule has 0 saturated carbocycles. The van der Waals surface area contributed by atoms with Gasteiger partial charge in [0.15, 0.2) is 0 Å². The maximum Gasteiger partial charge on any atom is 0.393 e. The van der Waals surface area contributed by atoms with E-state index in [-0.39, 0.29) is 24.8 Å². The number of aromatic hydroxyl groups is 1. The number of para-hydroxylation sites is 1. The van der Waals surface area contributed by atoms with Crippen molar-refractivity contribution in [3.05, 3.63) is 29.8 Å². The van der Waals surface area contributed by atoms with E-state index in [2.05, 4.69) is 0 Å². The summed E-state index contributed by atoms with van der Waals surface area (Å²) in [5, 5.41) is 9.79. The van der Waals surface area contributed by atoms with Crippen molar-refractivity contribution in [2.45, 2.75) is 32.0 Å². The molecule has 106 valence electrons. The molecule has 2 unspecified atom stereocenters. The molecule has 2 rings (SSSR count). The van der Waals surface area contributed by atoms with E-state index in [1.807, 2.05) is 6.92 Å². The summed E-state index contributed by atoms with van der Waals surface area (Å²) in [6, 6.07) is 6.62. The molecule has 1 N–H and O–H groups in total. The van der Waals surface area contributed by atoms with Gasteiger partial charge >= 0.3 is 6.18 Å². The lowest BCUT2D eigenvalue weighted by molar-refractivity contribution is -0.188. The average molecular weight is 273 g/mol. The van der Waals surface area contributed by atoms with Crippen molar-refractivity contribution in [1.29, 1.82) is 0 Å². The lowest BCUT2D eigenvalue weighted by atomic mass is 9.94. The van der Waals surface area contributed by atoms with E-state index in [0.29, 0.717) is 18.5 Å². The van der Waals surface area contributed by atoms with E-state index >= 15 is 0 Å². The largest absolute Gasteiger partial charge is 0.508 e. The standard InChI is InChI=1S/C14H18F3NO/c1-10(12-6-2-3-7-13(12)19)18-8-4-5-11(9-18)14(15,16)17/h2-3,6-7,10-11,19H,4-5,8-9H2,1H3. The number of phenolic OH excluding ortho intramolecular Hbond substituents is 1. The fraction of sp³-hybridized carbons (Fsp3) is 0.571. The van der Waals surface area contributed by atoms with Crippen molar-refractivity contribution < 1.29 is 18.3 Å². The van der Waals surface area contributed by atoms with E-state index in [1.54, 1.807) is 29.2 Å². The number of hydrogen-bond donors (Lipinski definition) is 1. The van der Waals surface area contributed by atoms with Crippen molar-refractivity contribution in [3.8, 4) is 5.75 Å².